The van der Waals surface area contributed by atoms with Crippen LogP contribution in [0.5, 0.6) is 5.75 Å². The third kappa shape index (κ3) is 6.07. The zero-order valence-electron chi connectivity index (χ0n) is 23.1. The molecule has 1 saturated carbocycles. The number of nitrogens with one attached hydrogen (secondary N) is 1. The van der Waals surface area contributed by atoms with Crippen molar-refractivity contribution in [1.82, 2.24) is 24.4 Å². The summed E-state index contributed by atoms with van der Waals surface area (Å²) >= 11 is 0. The van der Waals surface area contributed by atoms with Crippen molar-refractivity contribution >= 4 is 34.6 Å². The lowest BCUT2D eigenvalue weighted by Gasteiger charge is -2.36. The minimum atomic E-state index is -0.504. The second-order valence-corrected chi connectivity index (χ2v) is 11.0. The molecule has 39 heavy (non-hydrogen) atoms. The lowest BCUT2D eigenvalue weighted by Crippen LogP contribution is -2.50. The largest absolute Gasteiger partial charge is 0.488 e. The van der Waals surface area contributed by atoms with Crippen LogP contribution in [0.1, 0.15) is 59.4 Å². The van der Waals surface area contributed by atoms with Gasteiger partial charge in [0.15, 0.2) is 5.75 Å². The second-order valence-electron chi connectivity index (χ2n) is 11.0. The topological polar surface area (TPSA) is 115 Å². The molecule has 0 atom stereocenters. The summed E-state index contributed by atoms with van der Waals surface area (Å²) in [5.41, 5.74) is 0.931. The number of carbonyl (C=O) groups is 1. The van der Waals surface area contributed by atoms with Gasteiger partial charge in [-0.25, -0.2) is 14.8 Å². The van der Waals surface area contributed by atoms with E-state index in [1.165, 1.54) is 0 Å². The average Bonchev–Trinajstić information content (AvgIpc) is 3.44. The molecule has 208 valence electrons. The molecule has 1 saturated heterocycles. The molecule has 11 nitrogen and oxygen atoms in total. The van der Waals surface area contributed by atoms with E-state index >= 15 is 0 Å². The maximum absolute atomic E-state index is 13.2. The van der Waals surface area contributed by atoms with Gasteiger partial charge < -0.3 is 24.6 Å². The first kappa shape index (κ1) is 26.7. The number of anilines is 3. The highest BCUT2D eigenvalue weighted by molar-refractivity contribution is 5.77. The molecule has 0 radical (unpaired) electrons. The third-order valence-electron chi connectivity index (χ3n) is 7.01. The summed E-state index contributed by atoms with van der Waals surface area (Å²) in [6.07, 6.45) is 7.34. The maximum atomic E-state index is 13.2. The number of pyridine rings is 2. The molecule has 0 bridgehead atoms. The molecular formula is C28H37N7O4. The second kappa shape index (κ2) is 11.1. The predicted octanol–water partition coefficient (Wildman–Crippen LogP) is 4.50. The minimum absolute atomic E-state index is 0.108. The quantitative estimate of drug-likeness (QED) is 0.487. The first-order valence-electron chi connectivity index (χ1n) is 13.7. The van der Waals surface area contributed by atoms with Gasteiger partial charge in [0, 0.05) is 43.8 Å². The van der Waals surface area contributed by atoms with Crippen molar-refractivity contribution < 1.29 is 14.3 Å². The van der Waals surface area contributed by atoms with Crippen LogP contribution < -0.4 is 20.5 Å². The summed E-state index contributed by atoms with van der Waals surface area (Å²) in [4.78, 5) is 43.3. The van der Waals surface area contributed by atoms with E-state index in [0.717, 1.165) is 36.8 Å². The Labute approximate surface area is 228 Å². The van der Waals surface area contributed by atoms with Crippen molar-refractivity contribution in [2.24, 2.45) is 0 Å². The Morgan fingerprint density at radius 2 is 1.82 bits per heavy atom. The van der Waals surface area contributed by atoms with E-state index in [4.69, 9.17) is 14.5 Å². The molecule has 0 aromatic carbocycles. The first-order valence-corrected chi connectivity index (χ1v) is 13.7. The van der Waals surface area contributed by atoms with Gasteiger partial charge in [-0.3, -0.25) is 9.36 Å². The highest BCUT2D eigenvalue weighted by Crippen LogP contribution is 2.31. The number of rotatable bonds is 6. The van der Waals surface area contributed by atoms with Crippen molar-refractivity contribution in [3.8, 4) is 5.75 Å². The molecule has 1 aliphatic carbocycles. The van der Waals surface area contributed by atoms with Crippen LogP contribution in [0, 0.1) is 0 Å². The van der Waals surface area contributed by atoms with Gasteiger partial charge in [0.2, 0.25) is 5.95 Å². The fourth-order valence-electron chi connectivity index (χ4n) is 5.15. The van der Waals surface area contributed by atoms with Crippen LogP contribution in [-0.2, 0) is 4.74 Å². The molecule has 2 fully saturated rings. The van der Waals surface area contributed by atoms with Crippen LogP contribution in [0.2, 0.25) is 0 Å². The normalized spacial score (nSPS) is 16.5. The third-order valence-corrected chi connectivity index (χ3v) is 7.01. The van der Waals surface area contributed by atoms with Crippen LogP contribution in [-0.4, -0.2) is 68.9 Å². The number of hydrogen-bond donors (Lipinski definition) is 1. The summed E-state index contributed by atoms with van der Waals surface area (Å²) in [5.74, 6) is 1.32. The zero-order chi connectivity index (χ0) is 27.6. The van der Waals surface area contributed by atoms with Gasteiger partial charge in [-0.2, -0.15) is 4.98 Å². The van der Waals surface area contributed by atoms with Crippen LogP contribution in [0.3, 0.4) is 0 Å². The summed E-state index contributed by atoms with van der Waals surface area (Å²) in [5, 5.41) is 3.95. The molecule has 0 unspecified atom stereocenters. The Bertz CT molecular complexity index is 1370. The molecule has 4 heterocycles. The number of carbonyl (C=O) groups excluding carboxylic acids is 1. The number of piperazine rings is 1. The SMILES string of the molecule is CCOc1cc2cnc(Nc3ccc(N4CCN(C(=O)OC(C)(C)C)CC4)cn3)nc2n(C2CCCC2)c1=O. The molecule has 11 heteroatoms. The summed E-state index contributed by atoms with van der Waals surface area (Å²) < 4.78 is 12.9. The molecule has 1 N–H and O–H groups in total. The van der Waals surface area contributed by atoms with E-state index in [9.17, 15) is 9.59 Å². The van der Waals surface area contributed by atoms with Gasteiger partial charge in [0.1, 0.15) is 17.1 Å². The molecule has 3 aromatic rings. The molecule has 0 spiro atoms. The smallest absolute Gasteiger partial charge is 0.410 e. The van der Waals surface area contributed by atoms with Gasteiger partial charge in [0.25, 0.3) is 5.56 Å². The van der Waals surface area contributed by atoms with Crippen molar-refractivity contribution in [3.05, 3.63) is 40.9 Å². The Kier molecular flexibility index (Phi) is 7.58. The number of nitrogens with zero attached hydrogens (tertiary/aromatic N) is 6. The van der Waals surface area contributed by atoms with Gasteiger partial charge in [-0.1, -0.05) is 12.8 Å². The minimum Gasteiger partial charge on any atom is -0.488 e. The molecule has 5 rings (SSSR count). The van der Waals surface area contributed by atoms with Gasteiger partial charge in [-0.15, -0.1) is 0 Å². The fraction of sp³-hybridized carbons (Fsp3) is 0.536. The molecular weight excluding hydrogens is 498 g/mol. The number of hydrogen-bond acceptors (Lipinski definition) is 9. The fourth-order valence-corrected chi connectivity index (χ4v) is 5.15. The Morgan fingerprint density at radius 3 is 2.46 bits per heavy atom. The highest BCUT2D eigenvalue weighted by atomic mass is 16.6. The number of fused-ring (bicyclic) bond motifs is 1. The van der Waals surface area contributed by atoms with Gasteiger partial charge in [-0.05, 0) is 58.7 Å². The van der Waals surface area contributed by atoms with Crippen molar-refractivity contribution in [2.75, 3.05) is 43.0 Å². The maximum Gasteiger partial charge on any atom is 0.410 e. The number of ether oxygens (including phenoxy) is 2. The zero-order valence-corrected chi connectivity index (χ0v) is 23.1. The summed E-state index contributed by atoms with van der Waals surface area (Å²) in [7, 11) is 0. The standard InChI is InChI=1S/C28H37N7O4/c1-5-38-22-16-19-17-30-26(32-24(19)35(25(22)36)20-8-6-7-9-20)31-23-11-10-21(18-29-23)33-12-14-34(15-13-33)27(37)39-28(2,3)4/h10-11,16-18,20H,5-9,12-15H2,1-4H3,(H,29,30,31,32). The van der Waals surface area contributed by atoms with E-state index < -0.39 is 5.60 Å². The van der Waals surface area contributed by atoms with Gasteiger partial charge >= 0.3 is 6.09 Å². The monoisotopic (exact) mass is 535 g/mol. The highest BCUT2D eigenvalue weighted by Gasteiger charge is 2.26. The summed E-state index contributed by atoms with van der Waals surface area (Å²) in [6.45, 7) is 10.5. The lowest BCUT2D eigenvalue weighted by atomic mass is 10.2. The van der Waals surface area contributed by atoms with Crippen LogP contribution in [0.4, 0.5) is 22.2 Å². The van der Waals surface area contributed by atoms with Crippen molar-refractivity contribution in [1.29, 1.82) is 0 Å². The Morgan fingerprint density at radius 1 is 1.08 bits per heavy atom. The van der Waals surface area contributed by atoms with E-state index in [2.05, 4.69) is 20.2 Å². The van der Waals surface area contributed by atoms with Crippen molar-refractivity contribution in [2.45, 2.75) is 65.0 Å². The summed E-state index contributed by atoms with van der Waals surface area (Å²) in [6, 6.07) is 5.70. The first-order chi connectivity index (χ1) is 18.7. The van der Waals surface area contributed by atoms with Crippen LogP contribution in [0.15, 0.2) is 35.4 Å². The lowest BCUT2D eigenvalue weighted by molar-refractivity contribution is 0.0240. The van der Waals surface area contributed by atoms with E-state index in [0.29, 0.717) is 55.9 Å². The predicted molar refractivity (Wildman–Crippen MR) is 150 cm³/mol. The molecule has 2 aliphatic rings. The Hall–Kier alpha value is -3.89. The van der Waals surface area contributed by atoms with E-state index in [1.54, 1.807) is 27.9 Å². The number of amides is 1. The Balaban J connectivity index is 1.29. The van der Waals surface area contributed by atoms with Crippen LogP contribution in [0.25, 0.3) is 11.0 Å². The van der Waals surface area contributed by atoms with E-state index in [1.807, 2.05) is 39.8 Å². The average molecular weight is 536 g/mol. The van der Waals surface area contributed by atoms with Gasteiger partial charge in [0.05, 0.1) is 18.5 Å². The molecule has 1 amide bonds. The number of aromatic nitrogens is 4. The molecule has 3 aromatic heterocycles. The van der Waals surface area contributed by atoms with Crippen molar-refractivity contribution in [3.63, 3.8) is 0 Å². The van der Waals surface area contributed by atoms with E-state index in [-0.39, 0.29) is 17.7 Å². The molecule has 1 aliphatic heterocycles. The van der Waals surface area contributed by atoms with Crippen LogP contribution >= 0.6 is 0 Å².